The fourth-order valence-corrected chi connectivity index (χ4v) is 2.43. The molecule has 2 atom stereocenters. The van der Waals surface area contributed by atoms with Gasteiger partial charge in [-0.1, -0.05) is 13.8 Å². The third-order valence-corrected chi connectivity index (χ3v) is 3.52. The van der Waals surface area contributed by atoms with E-state index in [4.69, 9.17) is 14.2 Å². The van der Waals surface area contributed by atoms with Crippen molar-refractivity contribution in [3.8, 4) is 11.5 Å². The topological polar surface area (TPSA) is 39.7 Å². The summed E-state index contributed by atoms with van der Waals surface area (Å²) < 4.78 is 16.7. The molecule has 1 aromatic carbocycles. The lowest BCUT2D eigenvalue weighted by molar-refractivity contribution is 0.0379. The molecule has 0 spiro atoms. The van der Waals surface area contributed by atoms with Crippen LogP contribution in [0.1, 0.15) is 38.8 Å². The molecule has 4 nitrogen and oxygen atoms in total. The van der Waals surface area contributed by atoms with E-state index in [0.717, 1.165) is 23.5 Å². The molecule has 0 bridgehead atoms. The predicted molar refractivity (Wildman–Crippen MR) is 86.2 cm³/mol. The largest absolute Gasteiger partial charge is 0.497 e. The molecule has 1 N–H and O–H groups in total. The zero-order valence-corrected chi connectivity index (χ0v) is 14.1. The van der Waals surface area contributed by atoms with Gasteiger partial charge >= 0.3 is 0 Å². The molecule has 120 valence electrons. The molecule has 0 saturated carbocycles. The maximum absolute atomic E-state index is 5.97. The van der Waals surface area contributed by atoms with Gasteiger partial charge in [-0.25, -0.2) is 0 Å². The van der Waals surface area contributed by atoms with Gasteiger partial charge in [-0.05, 0) is 38.4 Å². The average molecular weight is 295 g/mol. The van der Waals surface area contributed by atoms with Gasteiger partial charge in [-0.15, -0.1) is 0 Å². The molecule has 2 unspecified atom stereocenters. The second-order valence-corrected chi connectivity index (χ2v) is 5.72. The van der Waals surface area contributed by atoms with Crippen molar-refractivity contribution in [1.29, 1.82) is 0 Å². The van der Waals surface area contributed by atoms with Crippen LogP contribution in [0.15, 0.2) is 18.2 Å². The molecule has 21 heavy (non-hydrogen) atoms. The number of ether oxygens (including phenoxy) is 3. The molecular formula is C17H29NO3. The monoisotopic (exact) mass is 295 g/mol. The average Bonchev–Trinajstić information content (AvgIpc) is 2.47. The minimum absolute atomic E-state index is 0.0977. The van der Waals surface area contributed by atoms with E-state index >= 15 is 0 Å². The number of rotatable bonds is 9. The Bertz CT molecular complexity index is 420. The Labute approximate surface area is 128 Å². The standard InChI is InChI=1S/C17H29NO3/c1-12(2)9-13(3)21-11-16(18-4)15-8-7-14(19-5)10-17(15)20-6/h7-8,10,12-13,16,18H,9,11H2,1-6H3. The van der Waals surface area contributed by atoms with Gasteiger partial charge < -0.3 is 19.5 Å². The highest BCUT2D eigenvalue weighted by atomic mass is 16.5. The molecule has 1 aromatic rings. The lowest BCUT2D eigenvalue weighted by atomic mass is 10.1. The minimum atomic E-state index is 0.0977. The van der Waals surface area contributed by atoms with Crippen molar-refractivity contribution in [2.75, 3.05) is 27.9 Å². The summed E-state index contributed by atoms with van der Waals surface area (Å²) in [4.78, 5) is 0. The van der Waals surface area contributed by atoms with E-state index in [0.29, 0.717) is 12.5 Å². The third kappa shape index (κ3) is 5.56. The van der Waals surface area contributed by atoms with E-state index in [1.165, 1.54) is 0 Å². The Morgan fingerprint density at radius 2 is 1.81 bits per heavy atom. The summed E-state index contributed by atoms with van der Waals surface area (Å²) in [6, 6.07) is 5.96. The maximum atomic E-state index is 5.97. The van der Waals surface area contributed by atoms with Gasteiger partial charge in [0, 0.05) is 11.6 Å². The number of hydrogen-bond donors (Lipinski definition) is 1. The number of hydrogen-bond acceptors (Lipinski definition) is 4. The van der Waals surface area contributed by atoms with Crippen LogP contribution in [0.5, 0.6) is 11.5 Å². The molecule has 4 heteroatoms. The molecule has 0 saturated heterocycles. The van der Waals surface area contributed by atoms with Crippen LogP contribution in [0.25, 0.3) is 0 Å². The van der Waals surface area contributed by atoms with Crippen molar-refractivity contribution >= 4 is 0 Å². The molecule has 0 fully saturated rings. The fourth-order valence-electron chi connectivity index (χ4n) is 2.43. The fraction of sp³-hybridized carbons (Fsp3) is 0.647. The summed E-state index contributed by atoms with van der Waals surface area (Å²) in [5.41, 5.74) is 1.08. The summed E-state index contributed by atoms with van der Waals surface area (Å²) >= 11 is 0. The Hall–Kier alpha value is -1.26. The van der Waals surface area contributed by atoms with Crippen LogP contribution < -0.4 is 14.8 Å². The molecule has 0 aromatic heterocycles. The number of benzene rings is 1. The first-order valence-electron chi connectivity index (χ1n) is 7.52. The van der Waals surface area contributed by atoms with Crippen LogP contribution in [0.2, 0.25) is 0 Å². The molecule has 0 amide bonds. The zero-order valence-electron chi connectivity index (χ0n) is 14.1. The minimum Gasteiger partial charge on any atom is -0.497 e. The van der Waals surface area contributed by atoms with E-state index in [1.54, 1.807) is 14.2 Å². The van der Waals surface area contributed by atoms with Crippen molar-refractivity contribution in [3.63, 3.8) is 0 Å². The Balaban J connectivity index is 2.75. The molecule has 1 rings (SSSR count). The Morgan fingerprint density at radius 1 is 1.10 bits per heavy atom. The van der Waals surface area contributed by atoms with Crippen molar-refractivity contribution in [3.05, 3.63) is 23.8 Å². The van der Waals surface area contributed by atoms with Crippen LogP contribution >= 0.6 is 0 Å². The summed E-state index contributed by atoms with van der Waals surface area (Å²) in [5.74, 6) is 2.25. The van der Waals surface area contributed by atoms with Crippen LogP contribution in [-0.4, -0.2) is 34.0 Å². The summed E-state index contributed by atoms with van der Waals surface area (Å²) in [7, 11) is 5.26. The summed E-state index contributed by atoms with van der Waals surface area (Å²) in [6.07, 6.45) is 1.32. The van der Waals surface area contributed by atoms with Crippen LogP contribution in [-0.2, 0) is 4.74 Å². The van der Waals surface area contributed by atoms with E-state index < -0.39 is 0 Å². The lowest BCUT2D eigenvalue weighted by Gasteiger charge is -2.23. The zero-order chi connectivity index (χ0) is 15.8. The van der Waals surface area contributed by atoms with E-state index in [2.05, 4.69) is 26.1 Å². The van der Waals surface area contributed by atoms with Gasteiger partial charge in [0.15, 0.2) is 0 Å². The molecule has 0 aliphatic heterocycles. The van der Waals surface area contributed by atoms with Crippen LogP contribution in [0, 0.1) is 5.92 Å². The highest BCUT2D eigenvalue weighted by Gasteiger charge is 2.17. The Kier molecular flexibility index (Phi) is 7.54. The second kappa shape index (κ2) is 8.90. The summed E-state index contributed by atoms with van der Waals surface area (Å²) in [6.45, 7) is 7.16. The lowest BCUT2D eigenvalue weighted by Crippen LogP contribution is -2.25. The van der Waals surface area contributed by atoms with Crippen LogP contribution in [0.4, 0.5) is 0 Å². The van der Waals surface area contributed by atoms with Crippen molar-refractivity contribution in [2.24, 2.45) is 5.92 Å². The van der Waals surface area contributed by atoms with Crippen molar-refractivity contribution in [1.82, 2.24) is 5.32 Å². The third-order valence-electron chi connectivity index (χ3n) is 3.52. The second-order valence-electron chi connectivity index (χ2n) is 5.72. The maximum Gasteiger partial charge on any atom is 0.127 e. The van der Waals surface area contributed by atoms with Gasteiger partial charge in [0.2, 0.25) is 0 Å². The predicted octanol–water partition coefficient (Wildman–Crippen LogP) is 3.42. The molecule has 0 radical (unpaired) electrons. The molecule has 0 heterocycles. The SMILES string of the molecule is CNC(COC(C)CC(C)C)c1ccc(OC)cc1OC. The highest BCUT2D eigenvalue weighted by molar-refractivity contribution is 5.42. The first kappa shape index (κ1) is 17.8. The van der Waals surface area contributed by atoms with E-state index in [1.807, 2.05) is 25.2 Å². The van der Waals surface area contributed by atoms with Gasteiger partial charge in [0.05, 0.1) is 33.0 Å². The number of methoxy groups -OCH3 is 2. The Morgan fingerprint density at radius 3 is 2.33 bits per heavy atom. The highest BCUT2D eigenvalue weighted by Crippen LogP contribution is 2.29. The smallest absolute Gasteiger partial charge is 0.127 e. The van der Waals surface area contributed by atoms with E-state index in [9.17, 15) is 0 Å². The first-order chi connectivity index (χ1) is 10.0. The van der Waals surface area contributed by atoms with Gasteiger partial charge in [-0.3, -0.25) is 0 Å². The van der Waals surface area contributed by atoms with Gasteiger partial charge in [-0.2, -0.15) is 0 Å². The molecule has 0 aliphatic carbocycles. The van der Waals surface area contributed by atoms with Gasteiger partial charge in [0.25, 0.3) is 0 Å². The van der Waals surface area contributed by atoms with E-state index in [-0.39, 0.29) is 12.1 Å². The quantitative estimate of drug-likeness (QED) is 0.758. The number of nitrogens with one attached hydrogen (secondary N) is 1. The number of likely N-dealkylation sites (N-methyl/N-ethyl adjacent to an activating group) is 1. The summed E-state index contributed by atoms with van der Waals surface area (Å²) in [5, 5.41) is 3.29. The normalized spacial score (nSPS) is 14.0. The first-order valence-corrected chi connectivity index (χ1v) is 7.52. The molecular weight excluding hydrogens is 266 g/mol. The van der Waals surface area contributed by atoms with Gasteiger partial charge in [0.1, 0.15) is 11.5 Å². The molecule has 0 aliphatic rings. The van der Waals surface area contributed by atoms with Crippen molar-refractivity contribution in [2.45, 2.75) is 39.3 Å². The van der Waals surface area contributed by atoms with Crippen LogP contribution in [0.3, 0.4) is 0 Å². The van der Waals surface area contributed by atoms with Crippen molar-refractivity contribution < 1.29 is 14.2 Å².